The Morgan fingerprint density at radius 2 is 1.56 bits per heavy atom. The van der Waals surface area contributed by atoms with Gasteiger partial charge >= 0.3 is 0 Å². The topological polar surface area (TPSA) is 46.3 Å². The van der Waals surface area contributed by atoms with E-state index in [9.17, 15) is 4.79 Å². The van der Waals surface area contributed by atoms with Gasteiger partial charge in [0.2, 0.25) is 5.91 Å². The zero-order valence-electron chi connectivity index (χ0n) is 12.2. The van der Waals surface area contributed by atoms with Crippen molar-refractivity contribution in [3.63, 3.8) is 0 Å². The highest BCUT2D eigenvalue weighted by atomic mass is 16.2. The van der Waals surface area contributed by atoms with Gasteiger partial charge in [-0.2, -0.15) is 0 Å². The summed E-state index contributed by atoms with van der Waals surface area (Å²) in [6.45, 7) is 9.57. The molecule has 1 amide bonds. The van der Waals surface area contributed by atoms with Crippen molar-refractivity contribution in [3.8, 4) is 0 Å². The van der Waals surface area contributed by atoms with Gasteiger partial charge in [-0.25, -0.2) is 0 Å². The van der Waals surface area contributed by atoms with Gasteiger partial charge in [0.25, 0.3) is 0 Å². The third-order valence-electron chi connectivity index (χ3n) is 3.87. The number of nitrogens with zero attached hydrogens (tertiary/aromatic N) is 1. The van der Waals surface area contributed by atoms with Crippen LogP contribution in [0.3, 0.4) is 0 Å². The summed E-state index contributed by atoms with van der Waals surface area (Å²) in [6.07, 6.45) is 0. The molecule has 0 unspecified atom stereocenters. The fraction of sp³-hybridized carbons (Fsp3) is 0.533. The van der Waals surface area contributed by atoms with E-state index in [2.05, 4.69) is 0 Å². The Balaban J connectivity index is 3.01. The van der Waals surface area contributed by atoms with Crippen molar-refractivity contribution in [3.05, 3.63) is 29.8 Å². The average Bonchev–Trinajstić information content (AvgIpc) is 2.26. The Morgan fingerprint density at radius 3 is 1.94 bits per heavy atom. The van der Waals surface area contributed by atoms with E-state index in [-0.39, 0.29) is 5.91 Å². The van der Waals surface area contributed by atoms with Crippen LogP contribution in [0.2, 0.25) is 0 Å². The molecular weight excluding hydrogens is 224 g/mol. The number of aryl methyl sites for hydroxylation is 1. The first-order chi connectivity index (χ1) is 8.07. The summed E-state index contributed by atoms with van der Waals surface area (Å²) >= 11 is 0. The number of anilines is 1. The molecule has 1 rings (SSSR count). The van der Waals surface area contributed by atoms with Crippen molar-refractivity contribution in [2.75, 3.05) is 11.9 Å². The van der Waals surface area contributed by atoms with Gasteiger partial charge in [0.05, 0.1) is 5.41 Å². The molecular formula is C15H24N2O. The molecule has 0 saturated heterocycles. The number of amides is 1. The van der Waals surface area contributed by atoms with E-state index in [1.54, 1.807) is 11.9 Å². The molecule has 0 aromatic heterocycles. The van der Waals surface area contributed by atoms with Crippen LogP contribution >= 0.6 is 0 Å². The average molecular weight is 248 g/mol. The number of hydrogen-bond donors (Lipinski definition) is 1. The van der Waals surface area contributed by atoms with E-state index in [1.807, 2.05) is 58.9 Å². The zero-order chi connectivity index (χ0) is 14.1. The van der Waals surface area contributed by atoms with Crippen molar-refractivity contribution in [2.24, 2.45) is 11.1 Å². The van der Waals surface area contributed by atoms with Gasteiger partial charge in [0, 0.05) is 18.3 Å². The van der Waals surface area contributed by atoms with Gasteiger partial charge in [-0.1, -0.05) is 17.7 Å². The van der Waals surface area contributed by atoms with Crippen LogP contribution < -0.4 is 10.6 Å². The van der Waals surface area contributed by atoms with Crippen LogP contribution in [-0.4, -0.2) is 18.5 Å². The monoisotopic (exact) mass is 248 g/mol. The summed E-state index contributed by atoms with van der Waals surface area (Å²) in [7, 11) is 1.79. The van der Waals surface area contributed by atoms with Gasteiger partial charge in [0.1, 0.15) is 0 Å². The molecule has 0 spiro atoms. The second kappa shape index (κ2) is 4.73. The number of carbonyl (C=O) groups excluding carboxylic acids is 1. The quantitative estimate of drug-likeness (QED) is 0.894. The van der Waals surface area contributed by atoms with E-state index in [0.29, 0.717) is 0 Å². The van der Waals surface area contributed by atoms with Gasteiger partial charge in [-0.15, -0.1) is 0 Å². The lowest BCUT2D eigenvalue weighted by atomic mass is 9.74. The molecule has 18 heavy (non-hydrogen) atoms. The molecule has 0 aliphatic carbocycles. The van der Waals surface area contributed by atoms with E-state index in [4.69, 9.17) is 5.73 Å². The third kappa shape index (κ3) is 2.72. The molecule has 3 nitrogen and oxygen atoms in total. The fourth-order valence-corrected chi connectivity index (χ4v) is 1.58. The maximum atomic E-state index is 12.5. The Hall–Kier alpha value is -1.35. The Kier molecular flexibility index (Phi) is 3.86. The summed E-state index contributed by atoms with van der Waals surface area (Å²) in [4.78, 5) is 14.2. The predicted octanol–water partition coefficient (Wildman–Crippen LogP) is 2.72. The molecule has 0 aliphatic rings. The van der Waals surface area contributed by atoms with Crippen LogP contribution in [-0.2, 0) is 4.79 Å². The van der Waals surface area contributed by atoms with E-state index in [1.165, 1.54) is 5.56 Å². The summed E-state index contributed by atoms with van der Waals surface area (Å²) < 4.78 is 0. The van der Waals surface area contributed by atoms with Crippen LogP contribution in [0, 0.1) is 12.3 Å². The first-order valence-electron chi connectivity index (χ1n) is 6.21. The molecule has 0 saturated carbocycles. The maximum Gasteiger partial charge on any atom is 0.234 e. The minimum Gasteiger partial charge on any atom is -0.325 e. The van der Waals surface area contributed by atoms with Crippen molar-refractivity contribution < 1.29 is 4.79 Å². The van der Waals surface area contributed by atoms with Gasteiger partial charge < -0.3 is 10.6 Å². The van der Waals surface area contributed by atoms with Crippen LogP contribution in [0.25, 0.3) is 0 Å². The molecule has 1 aromatic rings. The van der Waals surface area contributed by atoms with Crippen molar-refractivity contribution in [2.45, 2.75) is 40.2 Å². The fourth-order valence-electron chi connectivity index (χ4n) is 1.58. The van der Waals surface area contributed by atoms with Crippen molar-refractivity contribution >= 4 is 11.6 Å². The molecule has 100 valence electrons. The van der Waals surface area contributed by atoms with E-state index in [0.717, 1.165) is 5.69 Å². The van der Waals surface area contributed by atoms with Crippen molar-refractivity contribution in [1.29, 1.82) is 0 Å². The summed E-state index contributed by atoms with van der Waals surface area (Å²) in [6, 6.07) is 7.90. The number of hydrogen-bond acceptors (Lipinski definition) is 2. The predicted molar refractivity (Wildman–Crippen MR) is 76.6 cm³/mol. The SMILES string of the molecule is Cc1ccc(N(C)C(=O)C(C)(C)C(C)(C)N)cc1. The second-order valence-electron chi connectivity index (χ2n) is 6.05. The molecule has 0 heterocycles. The summed E-state index contributed by atoms with van der Waals surface area (Å²) in [5.74, 6) is 0.0267. The zero-order valence-corrected chi connectivity index (χ0v) is 12.2. The lowest BCUT2D eigenvalue weighted by Crippen LogP contribution is -2.56. The molecule has 2 N–H and O–H groups in total. The molecule has 1 aromatic carbocycles. The molecule has 0 bridgehead atoms. The first kappa shape index (κ1) is 14.7. The number of carbonyl (C=O) groups is 1. The maximum absolute atomic E-state index is 12.5. The number of rotatable bonds is 3. The van der Waals surface area contributed by atoms with E-state index < -0.39 is 11.0 Å². The first-order valence-corrected chi connectivity index (χ1v) is 6.21. The second-order valence-corrected chi connectivity index (χ2v) is 6.05. The van der Waals surface area contributed by atoms with Crippen molar-refractivity contribution in [1.82, 2.24) is 0 Å². The molecule has 0 aliphatic heterocycles. The lowest BCUT2D eigenvalue weighted by Gasteiger charge is -2.39. The normalized spacial score (nSPS) is 12.4. The standard InChI is InChI=1S/C15H24N2O/c1-11-7-9-12(10-8-11)17(6)13(18)14(2,3)15(4,5)16/h7-10H,16H2,1-6H3. The number of nitrogens with two attached hydrogens (primary N) is 1. The van der Waals surface area contributed by atoms with Crippen LogP contribution in [0.5, 0.6) is 0 Å². The molecule has 0 radical (unpaired) electrons. The smallest absolute Gasteiger partial charge is 0.234 e. The van der Waals surface area contributed by atoms with Crippen LogP contribution in [0.15, 0.2) is 24.3 Å². The molecule has 0 fully saturated rings. The van der Waals surface area contributed by atoms with Crippen LogP contribution in [0.4, 0.5) is 5.69 Å². The lowest BCUT2D eigenvalue weighted by molar-refractivity contribution is -0.129. The Morgan fingerprint density at radius 1 is 1.11 bits per heavy atom. The highest BCUT2D eigenvalue weighted by Gasteiger charge is 2.42. The highest BCUT2D eigenvalue weighted by Crippen LogP contribution is 2.31. The largest absolute Gasteiger partial charge is 0.325 e. The number of benzene rings is 1. The Bertz CT molecular complexity index is 427. The third-order valence-corrected chi connectivity index (χ3v) is 3.87. The van der Waals surface area contributed by atoms with Gasteiger partial charge in [-0.05, 0) is 46.8 Å². The minimum absolute atomic E-state index is 0.0267. The van der Waals surface area contributed by atoms with Gasteiger partial charge in [0.15, 0.2) is 0 Å². The summed E-state index contributed by atoms with van der Waals surface area (Å²) in [5, 5.41) is 0. The highest BCUT2D eigenvalue weighted by molar-refractivity contribution is 5.97. The van der Waals surface area contributed by atoms with Crippen LogP contribution in [0.1, 0.15) is 33.3 Å². The van der Waals surface area contributed by atoms with E-state index >= 15 is 0 Å². The summed E-state index contributed by atoms with van der Waals surface area (Å²) in [5.41, 5.74) is 6.99. The van der Waals surface area contributed by atoms with Gasteiger partial charge in [-0.3, -0.25) is 4.79 Å². The molecule has 0 atom stereocenters. The Labute approximate surface area is 110 Å². The minimum atomic E-state index is -0.618. The molecule has 3 heteroatoms.